The van der Waals surface area contributed by atoms with Gasteiger partial charge in [0, 0.05) is 25.7 Å². The molecule has 8 heteroatoms. The summed E-state index contributed by atoms with van der Waals surface area (Å²) in [7, 11) is -0.0390. The number of hydrogen-bond acceptors (Lipinski definition) is 5. The number of likely N-dealkylation sites (N-methyl/N-ethyl adjacent to an activating group) is 1. The zero-order chi connectivity index (χ0) is 21.9. The van der Waals surface area contributed by atoms with Crippen molar-refractivity contribution < 1.29 is 18.0 Å². The molecule has 1 aromatic rings. The van der Waals surface area contributed by atoms with Gasteiger partial charge in [-0.15, -0.1) is 0 Å². The molecule has 1 aromatic carbocycles. The number of sulfone groups is 1. The highest BCUT2D eigenvalue weighted by Crippen LogP contribution is 2.33. The molecular formula is C22H33N3O4S. The number of amides is 2. The fourth-order valence-corrected chi connectivity index (χ4v) is 6.17. The second kappa shape index (κ2) is 9.47. The van der Waals surface area contributed by atoms with E-state index in [1.165, 1.54) is 37.7 Å². The molecule has 0 heterocycles. The molecule has 0 radical (unpaired) electrons. The lowest BCUT2D eigenvalue weighted by molar-refractivity contribution is -0.136. The molecule has 2 aliphatic carbocycles. The van der Waals surface area contributed by atoms with Crippen molar-refractivity contribution in [3.05, 3.63) is 29.8 Å². The van der Waals surface area contributed by atoms with Crippen LogP contribution in [0.3, 0.4) is 0 Å². The van der Waals surface area contributed by atoms with Gasteiger partial charge >= 0.3 is 0 Å². The van der Waals surface area contributed by atoms with Crippen molar-refractivity contribution in [1.29, 1.82) is 0 Å². The Bertz CT molecular complexity index is 857. The second-order valence-corrected chi connectivity index (χ2v) is 10.8. The Labute approximate surface area is 179 Å². The summed E-state index contributed by atoms with van der Waals surface area (Å²) in [5.41, 5.74) is 6.71. The molecule has 3 rings (SSSR count). The molecule has 2 amide bonds. The van der Waals surface area contributed by atoms with Crippen molar-refractivity contribution >= 4 is 21.7 Å². The Kier molecular flexibility index (Phi) is 7.18. The molecule has 0 aromatic heterocycles. The molecule has 0 aliphatic heterocycles. The molecule has 2 fully saturated rings. The van der Waals surface area contributed by atoms with Gasteiger partial charge in [-0.2, -0.15) is 0 Å². The summed E-state index contributed by atoms with van der Waals surface area (Å²) < 4.78 is 25.6. The van der Waals surface area contributed by atoms with Crippen LogP contribution in [-0.4, -0.2) is 57.1 Å². The van der Waals surface area contributed by atoms with E-state index < -0.39 is 15.9 Å². The lowest BCUT2D eigenvalue weighted by atomic mass is 9.78. The molecule has 0 spiro atoms. The maximum absolute atomic E-state index is 12.8. The molecule has 0 unspecified atom stereocenters. The topological polar surface area (TPSA) is 110 Å². The van der Waals surface area contributed by atoms with Crippen LogP contribution in [0.15, 0.2) is 29.2 Å². The first-order valence-electron chi connectivity index (χ1n) is 10.8. The van der Waals surface area contributed by atoms with Crippen LogP contribution >= 0.6 is 0 Å². The Hall–Kier alpha value is -1.93. The number of nitrogens with two attached hydrogens (primary N) is 1. The minimum atomic E-state index is -3.42. The minimum absolute atomic E-state index is 0.0203. The number of nitrogens with zero attached hydrogens (tertiary/aromatic N) is 1. The monoisotopic (exact) mass is 435 g/mol. The molecule has 2 saturated carbocycles. The van der Waals surface area contributed by atoms with Gasteiger partial charge in [-0.05, 0) is 81.0 Å². The first kappa shape index (κ1) is 22.7. The molecule has 7 nitrogen and oxygen atoms in total. The normalized spacial score (nSPS) is 23.3. The smallest absolute Gasteiger partial charge is 0.251 e. The number of hydrogen-bond donors (Lipinski definition) is 2. The Morgan fingerprint density at radius 2 is 1.70 bits per heavy atom. The maximum atomic E-state index is 12.8. The summed E-state index contributed by atoms with van der Waals surface area (Å²) in [5, 5.41) is 2.52. The van der Waals surface area contributed by atoms with Gasteiger partial charge in [0.25, 0.3) is 5.91 Å². The van der Waals surface area contributed by atoms with Crippen LogP contribution in [0.5, 0.6) is 0 Å². The fraction of sp³-hybridized carbons (Fsp3) is 0.636. The van der Waals surface area contributed by atoms with E-state index in [1.54, 1.807) is 0 Å². The number of benzene rings is 1. The fourth-order valence-electron chi connectivity index (χ4n) is 4.47. The van der Waals surface area contributed by atoms with Crippen molar-refractivity contribution in [3.63, 3.8) is 0 Å². The van der Waals surface area contributed by atoms with E-state index in [0.29, 0.717) is 11.6 Å². The van der Waals surface area contributed by atoms with Crippen molar-refractivity contribution in [2.24, 2.45) is 17.6 Å². The first-order chi connectivity index (χ1) is 14.2. The van der Waals surface area contributed by atoms with Gasteiger partial charge < -0.3 is 16.0 Å². The number of rotatable bonds is 7. The third-order valence-electron chi connectivity index (χ3n) is 6.81. The molecular weight excluding hydrogens is 402 g/mol. The summed E-state index contributed by atoms with van der Waals surface area (Å²) in [6.07, 6.45) is 6.37. The summed E-state index contributed by atoms with van der Waals surface area (Å²) in [6.45, 7) is 0. The molecule has 166 valence electrons. The Balaban J connectivity index is 1.53. The van der Waals surface area contributed by atoms with E-state index in [-0.39, 0.29) is 34.3 Å². The Morgan fingerprint density at radius 3 is 2.20 bits per heavy atom. The van der Waals surface area contributed by atoms with Gasteiger partial charge in [-0.25, -0.2) is 8.42 Å². The van der Waals surface area contributed by atoms with Gasteiger partial charge in [-0.1, -0.05) is 0 Å². The van der Waals surface area contributed by atoms with Crippen molar-refractivity contribution in [2.75, 3.05) is 19.8 Å². The van der Waals surface area contributed by atoms with Crippen LogP contribution in [0, 0.1) is 11.8 Å². The molecule has 30 heavy (non-hydrogen) atoms. The first-order valence-corrected chi connectivity index (χ1v) is 12.5. The van der Waals surface area contributed by atoms with E-state index in [0.717, 1.165) is 38.5 Å². The third kappa shape index (κ3) is 5.03. The lowest BCUT2D eigenvalue weighted by Gasteiger charge is -2.38. The summed E-state index contributed by atoms with van der Waals surface area (Å²) in [6, 6.07) is 5.90. The van der Waals surface area contributed by atoms with Crippen LogP contribution in [0.4, 0.5) is 0 Å². The van der Waals surface area contributed by atoms with E-state index in [1.807, 2.05) is 11.9 Å². The van der Waals surface area contributed by atoms with Crippen LogP contribution in [0.2, 0.25) is 0 Å². The van der Waals surface area contributed by atoms with Gasteiger partial charge in [-0.3, -0.25) is 9.59 Å². The Morgan fingerprint density at radius 1 is 1.10 bits per heavy atom. The van der Waals surface area contributed by atoms with E-state index >= 15 is 0 Å². The summed E-state index contributed by atoms with van der Waals surface area (Å²) in [4.78, 5) is 26.3. The van der Waals surface area contributed by atoms with Crippen LogP contribution < -0.4 is 11.1 Å². The number of carbonyl (C=O) groups excluding carboxylic acids is 2. The van der Waals surface area contributed by atoms with Gasteiger partial charge in [0.15, 0.2) is 9.84 Å². The predicted octanol–water partition coefficient (Wildman–Crippen LogP) is 1.96. The average Bonchev–Trinajstić information content (AvgIpc) is 2.71. The van der Waals surface area contributed by atoms with Gasteiger partial charge in [0.1, 0.15) is 0 Å². The SMILES string of the molecule is CNC(=O)c1ccc(S(=O)(=O)CC2CCC([C@H](N)C(=O)N(C)C3CCC3)CC2)cc1. The predicted molar refractivity (Wildman–Crippen MR) is 116 cm³/mol. The minimum Gasteiger partial charge on any atom is -0.355 e. The molecule has 0 bridgehead atoms. The second-order valence-electron chi connectivity index (χ2n) is 8.73. The standard InChI is InChI=1S/C22H33N3O4S/c1-24-21(26)17-10-12-19(13-11-17)30(28,29)14-15-6-8-16(9-7-15)20(23)22(27)25(2)18-4-3-5-18/h10-13,15-16,18,20H,3-9,14,23H2,1-2H3,(H,24,26)/t15?,16?,20-/m0/s1. The van der Waals surface area contributed by atoms with Crippen molar-refractivity contribution in [1.82, 2.24) is 10.2 Å². The zero-order valence-corrected chi connectivity index (χ0v) is 18.7. The van der Waals surface area contributed by atoms with Crippen molar-refractivity contribution in [3.8, 4) is 0 Å². The van der Waals surface area contributed by atoms with Crippen LogP contribution in [-0.2, 0) is 14.6 Å². The molecule has 3 N–H and O–H groups in total. The summed E-state index contributed by atoms with van der Waals surface area (Å²) >= 11 is 0. The quantitative estimate of drug-likeness (QED) is 0.680. The van der Waals surface area contributed by atoms with E-state index in [9.17, 15) is 18.0 Å². The summed E-state index contributed by atoms with van der Waals surface area (Å²) in [5.74, 6) is 0.0462. The highest BCUT2D eigenvalue weighted by molar-refractivity contribution is 7.91. The van der Waals surface area contributed by atoms with E-state index in [2.05, 4.69) is 5.32 Å². The maximum Gasteiger partial charge on any atom is 0.251 e. The largest absolute Gasteiger partial charge is 0.355 e. The highest BCUT2D eigenvalue weighted by Gasteiger charge is 2.35. The van der Waals surface area contributed by atoms with Crippen LogP contribution in [0.1, 0.15) is 55.3 Å². The van der Waals surface area contributed by atoms with E-state index in [4.69, 9.17) is 5.73 Å². The zero-order valence-electron chi connectivity index (χ0n) is 17.8. The number of nitrogens with one attached hydrogen (secondary N) is 1. The third-order valence-corrected chi connectivity index (χ3v) is 8.71. The highest BCUT2D eigenvalue weighted by atomic mass is 32.2. The van der Waals surface area contributed by atoms with Gasteiger partial charge in [0.2, 0.25) is 5.91 Å². The molecule has 1 atom stereocenters. The molecule has 0 saturated heterocycles. The average molecular weight is 436 g/mol. The van der Waals surface area contributed by atoms with Gasteiger partial charge in [0.05, 0.1) is 16.7 Å². The lowest BCUT2D eigenvalue weighted by Crippen LogP contribution is -2.52. The molecule has 2 aliphatic rings. The van der Waals surface area contributed by atoms with Crippen LogP contribution in [0.25, 0.3) is 0 Å². The number of carbonyl (C=O) groups is 2. The van der Waals surface area contributed by atoms with Crippen molar-refractivity contribution in [2.45, 2.75) is 61.9 Å².